The van der Waals surface area contributed by atoms with Crippen molar-refractivity contribution in [1.29, 1.82) is 0 Å². The van der Waals surface area contributed by atoms with Gasteiger partial charge in [-0.2, -0.15) is 0 Å². The number of likely N-dealkylation sites (tertiary alicyclic amines) is 1. The molecule has 0 radical (unpaired) electrons. The lowest BCUT2D eigenvalue weighted by Crippen LogP contribution is -2.46. The Kier molecular flexibility index (Phi) is 3.42. The first kappa shape index (κ1) is 11.9. The summed E-state index contributed by atoms with van der Waals surface area (Å²) in [5.74, 6) is 0.752. The Morgan fingerprint density at radius 3 is 2.12 bits per heavy atom. The molecule has 0 aromatic rings. The Labute approximate surface area is 104 Å². The minimum absolute atomic E-state index is 0.181. The number of piperidine rings is 1. The summed E-state index contributed by atoms with van der Waals surface area (Å²) in [6, 6.07) is 0.793. The highest BCUT2D eigenvalue weighted by atomic mass is 16.7. The first-order valence-electron chi connectivity index (χ1n) is 7.29. The molecule has 2 heterocycles. The van der Waals surface area contributed by atoms with Crippen LogP contribution in [-0.4, -0.2) is 43.0 Å². The van der Waals surface area contributed by atoms with Gasteiger partial charge in [0.2, 0.25) is 0 Å². The number of ether oxygens (including phenoxy) is 2. The van der Waals surface area contributed by atoms with Crippen molar-refractivity contribution in [3.05, 3.63) is 0 Å². The summed E-state index contributed by atoms with van der Waals surface area (Å²) in [5, 5.41) is 0. The third kappa shape index (κ3) is 2.51. The maximum absolute atomic E-state index is 5.79. The summed E-state index contributed by atoms with van der Waals surface area (Å²) in [7, 11) is 0. The van der Waals surface area contributed by atoms with Gasteiger partial charge in [0, 0.05) is 18.9 Å². The number of rotatable bonds is 1. The fraction of sp³-hybridized carbons (Fsp3) is 1.00. The van der Waals surface area contributed by atoms with E-state index in [0.717, 1.165) is 38.0 Å². The topological polar surface area (TPSA) is 21.7 Å². The second-order valence-corrected chi connectivity index (χ2v) is 6.06. The summed E-state index contributed by atoms with van der Waals surface area (Å²) < 4.78 is 11.6. The third-order valence-electron chi connectivity index (χ3n) is 4.87. The number of hydrogen-bond donors (Lipinski definition) is 0. The van der Waals surface area contributed by atoms with Crippen LogP contribution >= 0.6 is 0 Å². The van der Waals surface area contributed by atoms with Crippen molar-refractivity contribution >= 4 is 0 Å². The maximum Gasteiger partial charge on any atom is 0.168 e. The van der Waals surface area contributed by atoms with E-state index in [0.29, 0.717) is 0 Å². The van der Waals surface area contributed by atoms with E-state index in [2.05, 4.69) is 11.8 Å². The van der Waals surface area contributed by atoms with Crippen LogP contribution in [0.2, 0.25) is 0 Å². The molecule has 0 bridgehead atoms. The standard InChI is InChI=1S/C14H25NO2/c1-12-4-8-15(9-5-12)13-2-6-14(7-3-13)16-10-11-17-14/h12-13H,2-11H2,1H3. The summed E-state index contributed by atoms with van der Waals surface area (Å²) in [6.07, 6.45) is 7.49. The van der Waals surface area contributed by atoms with Gasteiger partial charge in [-0.25, -0.2) is 0 Å². The largest absolute Gasteiger partial charge is 0.348 e. The van der Waals surface area contributed by atoms with Gasteiger partial charge >= 0.3 is 0 Å². The number of hydrogen-bond acceptors (Lipinski definition) is 3. The van der Waals surface area contributed by atoms with Crippen LogP contribution in [-0.2, 0) is 9.47 Å². The third-order valence-corrected chi connectivity index (χ3v) is 4.87. The first-order valence-corrected chi connectivity index (χ1v) is 7.29. The van der Waals surface area contributed by atoms with Gasteiger partial charge in [-0.1, -0.05) is 6.92 Å². The predicted molar refractivity (Wildman–Crippen MR) is 66.9 cm³/mol. The van der Waals surface area contributed by atoms with Crippen molar-refractivity contribution in [2.75, 3.05) is 26.3 Å². The zero-order valence-electron chi connectivity index (χ0n) is 11.0. The van der Waals surface area contributed by atoms with E-state index in [-0.39, 0.29) is 5.79 Å². The van der Waals surface area contributed by atoms with Crippen LogP contribution < -0.4 is 0 Å². The van der Waals surface area contributed by atoms with Crippen LogP contribution in [0.15, 0.2) is 0 Å². The van der Waals surface area contributed by atoms with E-state index in [1.807, 2.05) is 0 Å². The molecule has 1 saturated carbocycles. The molecule has 0 N–H and O–H groups in total. The Hall–Kier alpha value is -0.120. The van der Waals surface area contributed by atoms with E-state index in [9.17, 15) is 0 Å². The van der Waals surface area contributed by atoms with Crippen molar-refractivity contribution in [3.63, 3.8) is 0 Å². The SMILES string of the molecule is CC1CCN(C2CCC3(CC2)OCCO3)CC1. The van der Waals surface area contributed by atoms with E-state index in [4.69, 9.17) is 9.47 Å². The van der Waals surface area contributed by atoms with Crippen LogP contribution in [0, 0.1) is 5.92 Å². The molecule has 1 spiro atoms. The van der Waals surface area contributed by atoms with Crippen LogP contribution in [0.5, 0.6) is 0 Å². The summed E-state index contributed by atoms with van der Waals surface area (Å²) in [4.78, 5) is 2.71. The molecule has 0 amide bonds. The second kappa shape index (κ2) is 4.87. The van der Waals surface area contributed by atoms with Crippen LogP contribution in [0.3, 0.4) is 0 Å². The molecule has 0 aromatic carbocycles. The molecule has 3 rings (SSSR count). The van der Waals surface area contributed by atoms with Gasteiger partial charge in [0.15, 0.2) is 5.79 Å². The first-order chi connectivity index (χ1) is 8.27. The van der Waals surface area contributed by atoms with Crippen LogP contribution in [0.25, 0.3) is 0 Å². The zero-order valence-corrected chi connectivity index (χ0v) is 11.0. The molecular formula is C14H25NO2. The Morgan fingerprint density at radius 2 is 1.53 bits per heavy atom. The molecule has 0 atom stereocenters. The van der Waals surface area contributed by atoms with E-state index in [1.165, 1.54) is 38.8 Å². The normalized spacial score (nSPS) is 32.3. The molecule has 2 saturated heterocycles. The van der Waals surface area contributed by atoms with E-state index >= 15 is 0 Å². The van der Waals surface area contributed by atoms with Crippen molar-refractivity contribution in [1.82, 2.24) is 4.90 Å². The average Bonchev–Trinajstić information content (AvgIpc) is 2.80. The van der Waals surface area contributed by atoms with Gasteiger partial charge in [0.25, 0.3) is 0 Å². The van der Waals surface area contributed by atoms with E-state index < -0.39 is 0 Å². The molecule has 3 aliphatic rings. The highest BCUT2D eigenvalue weighted by molar-refractivity contribution is 4.88. The molecule has 98 valence electrons. The Balaban J connectivity index is 1.51. The lowest BCUT2D eigenvalue weighted by molar-refractivity contribution is -0.184. The molecular weight excluding hydrogens is 214 g/mol. The lowest BCUT2D eigenvalue weighted by atomic mass is 9.87. The summed E-state index contributed by atoms with van der Waals surface area (Å²) in [5.41, 5.74) is 0. The van der Waals surface area contributed by atoms with Crippen LogP contribution in [0.1, 0.15) is 45.4 Å². The second-order valence-electron chi connectivity index (χ2n) is 6.06. The van der Waals surface area contributed by atoms with E-state index in [1.54, 1.807) is 0 Å². The van der Waals surface area contributed by atoms with Crippen molar-refractivity contribution in [3.8, 4) is 0 Å². The molecule has 1 aliphatic carbocycles. The fourth-order valence-corrected chi connectivity index (χ4v) is 3.59. The highest BCUT2D eigenvalue weighted by Gasteiger charge is 2.41. The molecule has 0 aromatic heterocycles. The summed E-state index contributed by atoms with van der Waals surface area (Å²) in [6.45, 7) is 6.59. The number of nitrogens with zero attached hydrogens (tertiary/aromatic N) is 1. The smallest absolute Gasteiger partial charge is 0.168 e. The monoisotopic (exact) mass is 239 g/mol. The molecule has 0 unspecified atom stereocenters. The van der Waals surface area contributed by atoms with Crippen molar-refractivity contribution in [2.45, 2.75) is 57.3 Å². The Bertz CT molecular complexity index is 245. The molecule has 3 heteroatoms. The average molecular weight is 239 g/mol. The highest BCUT2D eigenvalue weighted by Crippen LogP contribution is 2.38. The van der Waals surface area contributed by atoms with Crippen molar-refractivity contribution in [2.24, 2.45) is 5.92 Å². The van der Waals surface area contributed by atoms with Gasteiger partial charge in [0.05, 0.1) is 13.2 Å². The molecule has 3 fully saturated rings. The molecule has 3 nitrogen and oxygen atoms in total. The lowest BCUT2D eigenvalue weighted by Gasteiger charge is -2.42. The molecule has 17 heavy (non-hydrogen) atoms. The fourth-order valence-electron chi connectivity index (χ4n) is 3.59. The minimum Gasteiger partial charge on any atom is -0.348 e. The van der Waals surface area contributed by atoms with Crippen LogP contribution in [0.4, 0.5) is 0 Å². The molecule has 2 aliphatic heterocycles. The van der Waals surface area contributed by atoms with Gasteiger partial charge in [-0.3, -0.25) is 0 Å². The minimum atomic E-state index is -0.181. The van der Waals surface area contributed by atoms with Gasteiger partial charge in [0.1, 0.15) is 0 Å². The maximum atomic E-state index is 5.79. The quantitative estimate of drug-likeness (QED) is 0.701. The van der Waals surface area contributed by atoms with Gasteiger partial charge in [-0.05, 0) is 44.7 Å². The van der Waals surface area contributed by atoms with Gasteiger partial charge < -0.3 is 14.4 Å². The zero-order chi connectivity index (χ0) is 11.7. The van der Waals surface area contributed by atoms with Gasteiger partial charge in [-0.15, -0.1) is 0 Å². The Morgan fingerprint density at radius 1 is 0.941 bits per heavy atom. The van der Waals surface area contributed by atoms with Crippen molar-refractivity contribution < 1.29 is 9.47 Å². The summed E-state index contributed by atoms with van der Waals surface area (Å²) >= 11 is 0. The predicted octanol–water partition coefficient (Wildman–Crippen LogP) is 2.40.